The van der Waals surface area contributed by atoms with E-state index < -0.39 is 34.1 Å². The standard InChI is InChI=1S/C31H36N4O9S/c1-19-15-35(20(2)17-36)30(37)24-6-5-7-25(33-31(38)32-21-8-13-26-27(14-21)43-18-42-26)29(24)44-28(19)16-34(3)45(39,40)23-11-9-22(41-4)10-12-23/h5-14,19-20,28,36H,15-18H2,1-4H3,(H2,32,33,38)/t19-,20+,28+/m0/s1. The van der Waals surface area contributed by atoms with Crippen molar-refractivity contribution < 1.29 is 42.1 Å². The molecule has 0 unspecified atom stereocenters. The van der Waals surface area contributed by atoms with Gasteiger partial charge in [0.05, 0.1) is 42.4 Å². The topological polar surface area (TPSA) is 156 Å². The fourth-order valence-electron chi connectivity index (χ4n) is 5.10. The van der Waals surface area contributed by atoms with Crippen LogP contribution < -0.4 is 29.6 Å². The number of carbonyl (C=O) groups is 2. The molecule has 14 heteroatoms. The van der Waals surface area contributed by atoms with Crippen LogP contribution in [0.25, 0.3) is 0 Å². The average molecular weight is 641 g/mol. The maximum atomic E-state index is 13.8. The minimum atomic E-state index is -3.92. The van der Waals surface area contributed by atoms with Crippen LogP contribution in [-0.2, 0) is 10.0 Å². The number of amides is 3. The first-order valence-corrected chi connectivity index (χ1v) is 15.8. The summed E-state index contributed by atoms with van der Waals surface area (Å²) in [5, 5.41) is 15.4. The van der Waals surface area contributed by atoms with Gasteiger partial charge in [-0.15, -0.1) is 0 Å². The summed E-state index contributed by atoms with van der Waals surface area (Å²) in [5.74, 6) is 0.908. The molecular weight excluding hydrogens is 604 g/mol. The van der Waals surface area contributed by atoms with E-state index in [0.29, 0.717) is 22.9 Å². The SMILES string of the molecule is COc1ccc(S(=O)(=O)N(C)C[C@H]2Oc3c(NC(=O)Nc4ccc5c(c4)OCO5)cccc3C(=O)N([C@H](C)CO)C[C@@H]2C)cc1. The Morgan fingerprint density at radius 3 is 2.56 bits per heavy atom. The average Bonchev–Trinajstić information content (AvgIpc) is 3.50. The maximum Gasteiger partial charge on any atom is 0.323 e. The van der Waals surface area contributed by atoms with Crippen LogP contribution in [0.15, 0.2) is 65.6 Å². The summed E-state index contributed by atoms with van der Waals surface area (Å²) in [4.78, 5) is 28.5. The molecule has 3 aromatic carbocycles. The van der Waals surface area contributed by atoms with Crippen molar-refractivity contribution in [1.82, 2.24) is 9.21 Å². The Morgan fingerprint density at radius 1 is 1.11 bits per heavy atom. The fourth-order valence-corrected chi connectivity index (χ4v) is 6.28. The summed E-state index contributed by atoms with van der Waals surface area (Å²) in [6.45, 7) is 3.51. The van der Waals surface area contributed by atoms with Crippen LogP contribution in [0.5, 0.6) is 23.0 Å². The van der Waals surface area contributed by atoms with Crippen molar-refractivity contribution in [3.8, 4) is 23.0 Å². The van der Waals surface area contributed by atoms with Gasteiger partial charge in [-0.25, -0.2) is 13.2 Å². The molecule has 3 atom stereocenters. The second-order valence-electron chi connectivity index (χ2n) is 10.9. The van der Waals surface area contributed by atoms with Crippen LogP contribution in [0.3, 0.4) is 0 Å². The normalized spacial score (nSPS) is 18.4. The molecule has 0 spiro atoms. The number of sulfonamides is 1. The number of hydrogen-bond donors (Lipinski definition) is 3. The van der Waals surface area contributed by atoms with Crippen LogP contribution in [0.2, 0.25) is 0 Å². The van der Waals surface area contributed by atoms with Gasteiger partial charge < -0.3 is 39.6 Å². The Bertz CT molecular complexity index is 1670. The molecule has 0 saturated heterocycles. The van der Waals surface area contributed by atoms with Crippen LogP contribution in [-0.4, -0.2) is 87.5 Å². The lowest BCUT2D eigenvalue weighted by Gasteiger charge is -2.38. The molecule has 2 aliphatic heterocycles. The van der Waals surface area contributed by atoms with Crippen molar-refractivity contribution in [2.45, 2.75) is 30.9 Å². The number of benzene rings is 3. The molecular formula is C31H36N4O9S. The molecule has 0 bridgehead atoms. The third kappa shape index (κ3) is 6.77. The Morgan fingerprint density at radius 2 is 1.84 bits per heavy atom. The molecule has 2 heterocycles. The van der Waals surface area contributed by atoms with Crippen LogP contribution in [0.1, 0.15) is 24.2 Å². The van der Waals surface area contributed by atoms with Gasteiger partial charge >= 0.3 is 6.03 Å². The van der Waals surface area contributed by atoms with Gasteiger partial charge in [0.1, 0.15) is 11.9 Å². The molecule has 0 aliphatic carbocycles. The molecule has 2 aliphatic rings. The number of nitrogens with zero attached hydrogens (tertiary/aromatic N) is 2. The highest BCUT2D eigenvalue weighted by Crippen LogP contribution is 2.37. The number of aliphatic hydroxyl groups excluding tert-OH is 1. The number of aliphatic hydroxyl groups is 1. The highest BCUT2D eigenvalue weighted by molar-refractivity contribution is 7.89. The number of fused-ring (bicyclic) bond motifs is 2. The lowest BCUT2D eigenvalue weighted by molar-refractivity contribution is 0.0389. The van der Waals surface area contributed by atoms with E-state index in [1.807, 2.05) is 6.92 Å². The number of rotatable bonds is 9. The number of ether oxygens (including phenoxy) is 4. The summed E-state index contributed by atoms with van der Waals surface area (Å²) in [7, 11) is -0.968. The van der Waals surface area contributed by atoms with Gasteiger partial charge in [0, 0.05) is 31.3 Å². The lowest BCUT2D eigenvalue weighted by Crippen LogP contribution is -2.50. The third-order valence-electron chi connectivity index (χ3n) is 7.77. The quantitative estimate of drug-likeness (QED) is 0.318. The Labute approximate surface area is 261 Å². The summed E-state index contributed by atoms with van der Waals surface area (Å²) >= 11 is 0. The minimum Gasteiger partial charge on any atom is -0.497 e. The molecule has 3 N–H and O–H groups in total. The van der Waals surface area contributed by atoms with Gasteiger partial charge in [-0.2, -0.15) is 4.31 Å². The van der Waals surface area contributed by atoms with Gasteiger partial charge in [0.25, 0.3) is 5.91 Å². The van der Waals surface area contributed by atoms with Crippen molar-refractivity contribution in [2.75, 3.05) is 51.3 Å². The van der Waals surface area contributed by atoms with Crippen molar-refractivity contribution in [1.29, 1.82) is 0 Å². The van der Waals surface area contributed by atoms with E-state index in [4.69, 9.17) is 18.9 Å². The van der Waals surface area contributed by atoms with E-state index >= 15 is 0 Å². The predicted molar refractivity (Wildman–Crippen MR) is 166 cm³/mol. The number of carbonyl (C=O) groups excluding carboxylic acids is 2. The van der Waals surface area contributed by atoms with E-state index in [9.17, 15) is 23.1 Å². The zero-order valence-corrected chi connectivity index (χ0v) is 26.2. The number of methoxy groups -OCH3 is 1. The first-order chi connectivity index (χ1) is 21.5. The van der Waals surface area contributed by atoms with Crippen molar-refractivity contribution in [3.63, 3.8) is 0 Å². The van der Waals surface area contributed by atoms with Crippen molar-refractivity contribution in [3.05, 3.63) is 66.2 Å². The Balaban J connectivity index is 1.44. The van der Waals surface area contributed by atoms with Gasteiger partial charge in [0.15, 0.2) is 17.2 Å². The van der Waals surface area contributed by atoms with Crippen molar-refractivity contribution in [2.24, 2.45) is 5.92 Å². The zero-order valence-electron chi connectivity index (χ0n) is 25.3. The molecule has 13 nitrogen and oxygen atoms in total. The molecule has 5 rings (SSSR count). The zero-order chi connectivity index (χ0) is 32.3. The molecule has 0 fully saturated rings. The van der Waals surface area contributed by atoms with E-state index in [0.717, 1.165) is 0 Å². The van der Waals surface area contributed by atoms with Crippen LogP contribution in [0, 0.1) is 5.92 Å². The number of para-hydroxylation sites is 1. The minimum absolute atomic E-state index is 0.0672. The highest BCUT2D eigenvalue weighted by atomic mass is 32.2. The van der Waals surface area contributed by atoms with E-state index in [2.05, 4.69) is 10.6 Å². The molecule has 3 aromatic rings. The Hall–Kier alpha value is -4.53. The number of likely N-dealkylation sites (N-methyl/N-ethyl adjacent to an activating group) is 1. The van der Waals surface area contributed by atoms with E-state index in [1.165, 1.54) is 35.5 Å². The molecule has 45 heavy (non-hydrogen) atoms. The van der Waals surface area contributed by atoms with Crippen LogP contribution >= 0.6 is 0 Å². The summed E-state index contributed by atoms with van der Waals surface area (Å²) in [6.07, 6.45) is -0.747. The third-order valence-corrected chi connectivity index (χ3v) is 9.61. The maximum absolute atomic E-state index is 13.8. The molecule has 0 radical (unpaired) electrons. The first-order valence-electron chi connectivity index (χ1n) is 14.3. The second kappa shape index (κ2) is 13.2. The largest absolute Gasteiger partial charge is 0.497 e. The second-order valence-corrected chi connectivity index (χ2v) is 13.0. The summed E-state index contributed by atoms with van der Waals surface area (Å²) < 4.78 is 50.5. The number of nitrogens with one attached hydrogen (secondary N) is 2. The van der Waals surface area contributed by atoms with E-state index in [-0.39, 0.29) is 54.3 Å². The summed E-state index contributed by atoms with van der Waals surface area (Å²) in [6, 6.07) is 14.7. The highest BCUT2D eigenvalue weighted by Gasteiger charge is 2.36. The first kappa shape index (κ1) is 31.9. The van der Waals surface area contributed by atoms with Crippen LogP contribution in [0.4, 0.5) is 16.2 Å². The van der Waals surface area contributed by atoms with Gasteiger partial charge in [-0.05, 0) is 55.5 Å². The summed E-state index contributed by atoms with van der Waals surface area (Å²) in [5.41, 5.74) is 0.816. The number of anilines is 2. The fraction of sp³-hybridized carbons (Fsp3) is 0.355. The van der Waals surface area contributed by atoms with Crippen molar-refractivity contribution >= 4 is 33.3 Å². The number of urea groups is 1. The van der Waals surface area contributed by atoms with E-state index in [1.54, 1.807) is 55.5 Å². The lowest BCUT2D eigenvalue weighted by atomic mass is 9.99. The van der Waals surface area contributed by atoms with Gasteiger partial charge in [-0.1, -0.05) is 13.0 Å². The van der Waals surface area contributed by atoms with Gasteiger partial charge in [0.2, 0.25) is 16.8 Å². The molecule has 0 aromatic heterocycles. The predicted octanol–water partition coefficient (Wildman–Crippen LogP) is 3.61. The number of hydrogen-bond acceptors (Lipinski definition) is 9. The monoisotopic (exact) mass is 640 g/mol. The smallest absolute Gasteiger partial charge is 0.323 e. The van der Waals surface area contributed by atoms with Gasteiger partial charge in [-0.3, -0.25) is 4.79 Å². The molecule has 0 saturated carbocycles. The molecule has 240 valence electrons. The Kier molecular flexibility index (Phi) is 9.37. The molecule has 3 amide bonds.